The van der Waals surface area contributed by atoms with Crippen molar-refractivity contribution in [3.63, 3.8) is 0 Å². The van der Waals surface area contributed by atoms with E-state index in [1.54, 1.807) is 6.92 Å². The highest BCUT2D eigenvalue weighted by Crippen LogP contribution is 1.99. The first-order chi connectivity index (χ1) is 5.81. The molecule has 0 radical (unpaired) electrons. The Bertz CT molecular complexity index is 112. The van der Waals surface area contributed by atoms with Crippen molar-refractivity contribution in [2.75, 3.05) is 13.2 Å². The molecule has 0 atom stereocenters. The minimum atomic E-state index is -0.547. The van der Waals surface area contributed by atoms with E-state index < -0.39 is 6.16 Å². The van der Waals surface area contributed by atoms with E-state index in [0.717, 1.165) is 12.8 Å². The molecule has 0 saturated carbocycles. The molecule has 0 aliphatic carbocycles. The molecule has 0 aromatic rings. The SMILES string of the molecule is CCCCCCOC(=O)OCC. The van der Waals surface area contributed by atoms with Gasteiger partial charge in [0.1, 0.15) is 0 Å². The summed E-state index contributed by atoms with van der Waals surface area (Å²) in [7, 11) is 0. The maximum Gasteiger partial charge on any atom is 0.508 e. The van der Waals surface area contributed by atoms with Crippen molar-refractivity contribution in [3.05, 3.63) is 0 Å². The van der Waals surface area contributed by atoms with Crippen LogP contribution in [0.2, 0.25) is 0 Å². The van der Waals surface area contributed by atoms with Gasteiger partial charge in [-0.2, -0.15) is 0 Å². The van der Waals surface area contributed by atoms with Crippen molar-refractivity contribution in [3.8, 4) is 0 Å². The summed E-state index contributed by atoms with van der Waals surface area (Å²) < 4.78 is 9.36. The van der Waals surface area contributed by atoms with E-state index in [-0.39, 0.29) is 0 Å². The van der Waals surface area contributed by atoms with Gasteiger partial charge in [0.05, 0.1) is 13.2 Å². The molecule has 72 valence electrons. The fraction of sp³-hybridized carbons (Fsp3) is 0.889. The fourth-order valence-electron chi connectivity index (χ4n) is 0.844. The van der Waals surface area contributed by atoms with E-state index in [1.807, 2.05) is 0 Å². The molecule has 0 N–H and O–H groups in total. The van der Waals surface area contributed by atoms with Crippen LogP contribution in [-0.2, 0) is 9.47 Å². The van der Waals surface area contributed by atoms with Crippen molar-refractivity contribution in [2.45, 2.75) is 39.5 Å². The molecule has 3 nitrogen and oxygen atoms in total. The first-order valence-corrected chi connectivity index (χ1v) is 4.60. The second-order valence-electron chi connectivity index (χ2n) is 2.59. The van der Waals surface area contributed by atoms with Crippen molar-refractivity contribution in [1.29, 1.82) is 0 Å². The van der Waals surface area contributed by atoms with Crippen LogP contribution in [0.1, 0.15) is 39.5 Å². The van der Waals surface area contributed by atoms with Gasteiger partial charge >= 0.3 is 6.16 Å². The Hall–Kier alpha value is -0.730. The van der Waals surface area contributed by atoms with Crippen LogP contribution in [0.25, 0.3) is 0 Å². The molecule has 0 unspecified atom stereocenters. The molecule has 0 fully saturated rings. The first kappa shape index (κ1) is 11.3. The molecule has 0 saturated heterocycles. The van der Waals surface area contributed by atoms with E-state index in [2.05, 4.69) is 11.7 Å². The average Bonchev–Trinajstić information content (AvgIpc) is 2.05. The summed E-state index contributed by atoms with van der Waals surface area (Å²) in [4.78, 5) is 10.6. The average molecular weight is 174 g/mol. The number of carbonyl (C=O) groups is 1. The van der Waals surface area contributed by atoms with Crippen molar-refractivity contribution < 1.29 is 14.3 Å². The summed E-state index contributed by atoms with van der Waals surface area (Å²) in [6, 6.07) is 0. The largest absolute Gasteiger partial charge is 0.508 e. The van der Waals surface area contributed by atoms with Gasteiger partial charge in [-0.05, 0) is 13.3 Å². The molecule has 0 aliphatic heterocycles. The number of ether oxygens (including phenoxy) is 2. The minimum Gasteiger partial charge on any atom is -0.435 e. The van der Waals surface area contributed by atoms with Gasteiger partial charge in [-0.15, -0.1) is 0 Å². The van der Waals surface area contributed by atoms with Gasteiger partial charge in [0, 0.05) is 0 Å². The van der Waals surface area contributed by atoms with Crippen LogP contribution in [0, 0.1) is 0 Å². The molecular formula is C9H18O3. The zero-order chi connectivity index (χ0) is 9.23. The number of hydrogen-bond donors (Lipinski definition) is 0. The summed E-state index contributed by atoms with van der Waals surface area (Å²) in [5.41, 5.74) is 0. The lowest BCUT2D eigenvalue weighted by Gasteiger charge is -2.03. The Morgan fingerprint density at radius 1 is 1.08 bits per heavy atom. The quantitative estimate of drug-likeness (QED) is 0.459. The van der Waals surface area contributed by atoms with Crippen molar-refractivity contribution in [1.82, 2.24) is 0 Å². The van der Waals surface area contributed by atoms with E-state index in [9.17, 15) is 4.79 Å². The topological polar surface area (TPSA) is 35.5 Å². The van der Waals surface area contributed by atoms with Gasteiger partial charge in [-0.3, -0.25) is 0 Å². The van der Waals surface area contributed by atoms with Gasteiger partial charge < -0.3 is 9.47 Å². The number of rotatable bonds is 6. The van der Waals surface area contributed by atoms with Crippen LogP contribution in [0.3, 0.4) is 0 Å². The summed E-state index contributed by atoms with van der Waals surface area (Å²) >= 11 is 0. The van der Waals surface area contributed by atoms with E-state index in [4.69, 9.17) is 4.74 Å². The summed E-state index contributed by atoms with van der Waals surface area (Å²) in [5.74, 6) is 0. The number of carbonyl (C=O) groups excluding carboxylic acids is 1. The highest BCUT2D eigenvalue weighted by molar-refractivity contribution is 5.59. The predicted octanol–water partition coefficient (Wildman–Crippen LogP) is 2.74. The Morgan fingerprint density at radius 2 is 1.83 bits per heavy atom. The summed E-state index contributed by atoms with van der Waals surface area (Å²) in [6.45, 7) is 4.77. The third kappa shape index (κ3) is 7.38. The second-order valence-corrected chi connectivity index (χ2v) is 2.59. The molecule has 0 aliphatic rings. The molecular weight excluding hydrogens is 156 g/mol. The lowest BCUT2D eigenvalue weighted by molar-refractivity contribution is 0.0578. The highest BCUT2D eigenvalue weighted by Gasteiger charge is 1.99. The summed E-state index contributed by atoms with van der Waals surface area (Å²) in [6.07, 6.45) is 3.91. The standard InChI is InChI=1S/C9H18O3/c1-3-5-6-7-8-12-9(10)11-4-2/h3-8H2,1-2H3. The van der Waals surface area contributed by atoms with Crippen molar-refractivity contribution in [2.24, 2.45) is 0 Å². The molecule has 0 aromatic carbocycles. The molecule has 12 heavy (non-hydrogen) atoms. The lowest BCUT2D eigenvalue weighted by atomic mass is 10.2. The van der Waals surface area contributed by atoms with E-state index >= 15 is 0 Å². The van der Waals surface area contributed by atoms with Gasteiger partial charge in [0.2, 0.25) is 0 Å². The van der Waals surface area contributed by atoms with E-state index in [1.165, 1.54) is 12.8 Å². The Balaban J connectivity index is 3.03. The molecule has 0 heterocycles. The molecule has 3 heteroatoms. The zero-order valence-electron chi connectivity index (χ0n) is 7.97. The van der Waals surface area contributed by atoms with Crippen LogP contribution in [-0.4, -0.2) is 19.4 Å². The predicted molar refractivity (Wildman–Crippen MR) is 47.1 cm³/mol. The first-order valence-electron chi connectivity index (χ1n) is 4.60. The smallest absolute Gasteiger partial charge is 0.435 e. The molecule has 0 spiro atoms. The Kier molecular flexibility index (Phi) is 7.86. The monoisotopic (exact) mass is 174 g/mol. The zero-order valence-corrected chi connectivity index (χ0v) is 7.97. The highest BCUT2D eigenvalue weighted by atomic mass is 16.7. The van der Waals surface area contributed by atoms with Crippen LogP contribution < -0.4 is 0 Å². The van der Waals surface area contributed by atoms with Gasteiger partial charge in [-0.25, -0.2) is 4.79 Å². The number of hydrogen-bond acceptors (Lipinski definition) is 3. The second kappa shape index (κ2) is 8.37. The van der Waals surface area contributed by atoms with Gasteiger partial charge in [-0.1, -0.05) is 26.2 Å². The lowest BCUT2D eigenvalue weighted by Crippen LogP contribution is -2.07. The minimum absolute atomic E-state index is 0.383. The Labute approximate surface area is 74.0 Å². The Morgan fingerprint density at radius 3 is 2.42 bits per heavy atom. The molecule has 0 rings (SSSR count). The van der Waals surface area contributed by atoms with E-state index in [0.29, 0.717) is 13.2 Å². The van der Waals surface area contributed by atoms with Gasteiger partial charge in [0.25, 0.3) is 0 Å². The maximum absolute atomic E-state index is 10.6. The number of unbranched alkanes of at least 4 members (excludes halogenated alkanes) is 3. The summed E-state index contributed by atoms with van der Waals surface area (Å²) in [5, 5.41) is 0. The third-order valence-corrected chi connectivity index (χ3v) is 1.48. The van der Waals surface area contributed by atoms with Crippen molar-refractivity contribution >= 4 is 6.16 Å². The van der Waals surface area contributed by atoms with Crippen LogP contribution >= 0.6 is 0 Å². The third-order valence-electron chi connectivity index (χ3n) is 1.48. The normalized spacial score (nSPS) is 9.50. The fourth-order valence-corrected chi connectivity index (χ4v) is 0.844. The molecule has 0 aromatic heterocycles. The van der Waals surface area contributed by atoms with Gasteiger partial charge in [0.15, 0.2) is 0 Å². The van der Waals surface area contributed by atoms with Crippen LogP contribution in [0.4, 0.5) is 4.79 Å². The van der Waals surface area contributed by atoms with Crippen LogP contribution in [0.5, 0.6) is 0 Å². The molecule has 0 amide bonds. The maximum atomic E-state index is 10.6. The molecule has 0 bridgehead atoms. The van der Waals surface area contributed by atoms with Crippen LogP contribution in [0.15, 0.2) is 0 Å².